The van der Waals surface area contributed by atoms with Crippen LogP contribution in [0.3, 0.4) is 0 Å². The Labute approximate surface area is 159 Å². The molecule has 0 saturated heterocycles. The first-order valence-electron chi connectivity index (χ1n) is 8.64. The van der Waals surface area contributed by atoms with Crippen LogP contribution in [0.1, 0.15) is 53.7 Å². The Morgan fingerprint density at radius 1 is 1.36 bits per heavy atom. The molecule has 0 aromatic carbocycles. The molecule has 0 saturated carbocycles. The van der Waals surface area contributed by atoms with Crippen molar-refractivity contribution in [1.82, 2.24) is 15.3 Å². The lowest BCUT2D eigenvalue weighted by Gasteiger charge is -2.23. The van der Waals surface area contributed by atoms with Crippen LogP contribution in [0.5, 0.6) is 0 Å². The molecule has 0 fully saturated rings. The first-order chi connectivity index (χ1) is 11.9. The smallest absolute Gasteiger partial charge is 0.106 e. The molecule has 1 aliphatic carbocycles. The van der Waals surface area contributed by atoms with Crippen molar-refractivity contribution in [2.24, 2.45) is 0 Å². The third-order valence-corrected chi connectivity index (χ3v) is 6.64. The summed E-state index contributed by atoms with van der Waals surface area (Å²) in [5.41, 5.74) is 4.07. The van der Waals surface area contributed by atoms with E-state index in [-0.39, 0.29) is 0 Å². The Hall–Kier alpha value is -1.21. The molecule has 3 heterocycles. The molecule has 25 heavy (non-hydrogen) atoms. The van der Waals surface area contributed by atoms with E-state index >= 15 is 0 Å². The van der Waals surface area contributed by atoms with Gasteiger partial charge in [-0.1, -0.05) is 0 Å². The number of aryl methyl sites for hydroxylation is 1. The summed E-state index contributed by atoms with van der Waals surface area (Å²) >= 11 is 5.16. The normalized spacial score (nSPS) is 17.8. The van der Waals surface area contributed by atoms with Crippen molar-refractivity contribution in [2.75, 3.05) is 0 Å². The van der Waals surface area contributed by atoms with E-state index in [1.165, 1.54) is 22.6 Å². The van der Waals surface area contributed by atoms with Crippen LogP contribution >= 0.6 is 27.3 Å². The molecule has 1 atom stereocenters. The zero-order valence-corrected chi connectivity index (χ0v) is 16.8. The van der Waals surface area contributed by atoms with E-state index < -0.39 is 5.60 Å². The van der Waals surface area contributed by atoms with Gasteiger partial charge in [0.15, 0.2) is 0 Å². The van der Waals surface area contributed by atoms with Crippen LogP contribution < -0.4 is 5.32 Å². The number of rotatable bonds is 4. The first-order valence-corrected chi connectivity index (χ1v) is 10.2. The maximum atomic E-state index is 10.1. The van der Waals surface area contributed by atoms with Crippen molar-refractivity contribution in [1.29, 1.82) is 0 Å². The van der Waals surface area contributed by atoms with Gasteiger partial charge in [-0.15, -0.1) is 11.3 Å². The molecule has 3 aromatic rings. The van der Waals surface area contributed by atoms with Crippen LogP contribution in [0.2, 0.25) is 0 Å². The topological polar surface area (TPSA) is 60.9 Å². The van der Waals surface area contributed by atoms with Gasteiger partial charge in [-0.2, -0.15) is 0 Å². The minimum absolute atomic E-state index is 0.324. The number of thiophene rings is 1. The number of nitrogens with one attached hydrogen (secondary N) is 2. The number of H-pyrrole nitrogens is 1. The zero-order valence-electron chi connectivity index (χ0n) is 14.4. The maximum Gasteiger partial charge on any atom is 0.106 e. The standard InChI is InChI=1S/C19H22BrN3OS/c1-19(2,24)15-8-6-11(25-15)10-21-13-5-3-4-12-17(13)22-14-7-9-16(20)23-18(12)14/h6-9,13,21-22,24H,3-5,10H2,1-2H3/t13-/m1/s1. The molecule has 132 valence electrons. The number of aliphatic hydroxyl groups is 1. The number of hydrogen-bond donors (Lipinski definition) is 3. The van der Waals surface area contributed by atoms with Gasteiger partial charge in [-0.25, -0.2) is 4.98 Å². The largest absolute Gasteiger partial charge is 0.385 e. The second-order valence-electron chi connectivity index (χ2n) is 7.20. The average molecular weight is 420 g/mol. The molecule has 3 N–H and O–H groups in total. The fraction of sp³-hybridized carbons (Fsp3) is 0.421. The number of aromatic nitrogens is 2. The third-order valence-electron chi connectivity index (χ3n) is 4.80. The first kappa shape index (κ1) is 17.2. The summed E-state index contributed by atoms with van der Waals surface area (Å²) in [6.07, 6.45) is 3.38. The van der Waals surface area contributed by atoms with Crippen LogP contribution in [0, 0.1) is 0 Å². The molecule has 1 aliphatic rings. The highest BCUT2D eigenvalue weighted by Gasteiger charge is 2.25. The predicted molar refractivity (Wildman–Crippen MR) is 106 cm³/mol. The molecule has 0 bridgehead atoms. The lowest BCUT2D eigenvalue weighted by molar-refractivity contribution is 0.0825. The van der Waals surface area contributed by atoms with Gasteiger partial charge < -0.3 is 15.4 Å². The Morgan fingerprint density at radius 2 is 2.20 bits per heavy atom. The number of aromatic amines is 1. The van der Waals surface area contributed by atoms with Gasteiger partial charge in [0.2, 0.25) is 0 Å². The van der Waals surface area contributed by atoms with Crippen LogP contribution in [0.15, 0.2) is 28.9 Å². The Kier molecular flexibility index (Phi) is 4.48. The van der Waals surface area contributed by atoms with Gasteiger partial charge in [-0.05, 0) is 73.3 Å². The molecular formula is C19H22BrN3OS. The average Bonchev–Trinajstić information content (AvgIpc) is 3.17. The summed E-state index contributed by atoms with van der Waals surface area (Å²) in [6.45, 7) is 4.48. The summed E-state index contributed by atoms with van der Waals surface area (Å²) in [7, 11) is 0. The summed E-state index contributed by atoms with van der Waals surface area (Å²) < 4.78 is 0.884. The molecule has 0 unspecified atom stereocenters. The monoisotopic (exact) mass is 419 g/mol. The molecule has 0 spiro atoms. The Bertz CT molecular complexity index is 909. The number of pyridine rings is 1. The molecule has 6 heteroatoms. The number of halogens is 1. The van der Waals surface area contributed by atoms with Crippen molar-refractivity contribution in [2.45, 2.75) is 51.3 Å². The Balaban J connectivity index is 1.55. The molecule has 0 amide bonds. The van der Waals surface area contributed by atoms with Crippen molar-refractivity contribution in [3.8, 4) is 0 Å². The van der Waals surface area contributed by atoms with E-state index in [0.29, 0.717) is 6.04 Å². The molecule has 4 nitrogen and oxygen atoms in total. The number of nitrogens with zero attached hydrogens (tertiary/aromatic N) is 1. The highest BCUT2D eigenvalue weighted by atomic mass is 79.9. The van der Waals surface area contributed by atoms with Gasteiger partial charge in [0.05, 0.1) is 16.6 Å². The number of fused-ring (bicyclic) bond motifs is 3. The van der Waals surface area contributed by atoms with Crippen molar-refractivity contribution >= 4 is 38.3 Å². The Morgan fingerprint density at radius 3 is 2.96 bits per heavy atom. The van der Waals surface area contributed by atoms with Gasteiger partial charge in [0.1, 0.15) is 4.60 Å². The van der Waals surface area contributed by atoms with Gasteiger partial charge >= 0.3 is 0 Å². The van der Waals surface area contributed by atoms with E-state index in [4.69, 9.17) is 0 Å². The summed E-state index contributed by atoms with van der Waals surface area (Å²) in [4.78, 5) is 10.5. The van der Waals surface area contributed by atoms with E-state index in [0.717, 1.165) is 39.9 Å². The third kappa shape index (κ3) is 3.40. The quantitative estimate of drug-likeness (QED) is 0.533. The highest BCUT2D eigenvalue weighted by molar-refractivity contribution is 9.10. The van der Waals surface area contributed by atoms with Gasteiger partial charge in [-0.3, -0.25) is 0 Å². The van der Waals surface area contributed by atoms with Crippen LogP contribution in [-0.4, -0.2) is 15.1 Å². The molecule has 0 aliphatic heterocycles. The fourth-order valence-electron chi connectivity index (χ4n) is 3.52. The van der Waals surface area contributed by atoms with E-state index in [1.807, 2.05) is 26.0 Å². The van der Waals surface area contributed by atoms with Crippen molar-refractivity contribution < 1.29 is 5.11 Å². The van der Waals surface area contributed by atoms with Crippen LogP contribution in [0.25, 0.3) is 11.0 Å². The van der Waals surface area contributed by atoms with Crippen molar-refractivity contribution in [3.05, 3.63) is 49.9 Å². The minimum atomic E-state index is -0.767. The zero-order chi connectivity index (χ0) is 17.6. The predicted octanol–water partition coefficient (Wildman–Crippen LogP) is 4.78. The second-order valence-corrected chi connectivity index (χ2v) is 9.18. The lowest BCUT2D eigenvalue weighted by Crippen LogP contribution is -2.24. The molecule has 0 radical (unpaired) electrons. The van der Waals surface area contributed by atoms with Crippen LogP contribution in [-0.2, 0) is 18.6 Å². The molecular weight excluding hydrogens is 398 g/mol. The van der Waals surface area contributed by atoms with E-state index in [1.54, 1.807) is 11.3 Å². The summed E-state index contributed by atoms with van der Waals surface area (Å²) in [6, 6.07) is 8.54. The second kappa shape index (κ2) is 6.50. The fourth-order valence-corrected chi connectivity index (χ4v) is 4.79. The SMILES string of the molecule is CC(C)(O)c1ccc(CN[C@@H]2CCCc3c2[nH]c2ccc(Br)nc32)s1. The highest BCUT2D eigenvalue weighted by Crippen LogP contribution is 2.35. The maximum absolute atomic E-state index is 10.1. The van der Waals surface area contributed by atoms with E-state index in [9.17, 15) is 5.11 Å². The minimum Gasteiger partial charge on any atom is -0.385 e. The summed E-state index contributed by atoms with van der Waals surface area (Å²) in [5, 5.41) is 13.8. The number of hydrogen-bond acceptors (Lipinski definition) is 4. The molecule has 4 rings (SSSR count). The van der Waals surface area contributed by atoms with E-state index in [2.05, 4.69) is 43.3 Å². The van der Waals surface area contributed by atoms with Crippen LogP contribution in [0.4, 0.5) is 0 Å². The lowest BCUT2D eigenvalue weighted by atomic mass is 9.93. The van der Waals surface area contributed by atoms with Crippen molar-refractivity contribution in [3.63, 3.8) is 0 Å². The molecule has 3 aromatic heterocycles. The summed E-state index contributed by atoms with van der Waals surface area (Å²) in [5.74, 6) is 0. The van der Waals surface area contributed by atoms with Gasteiger partial charge in [0.25, 0.3) is 0 Å². The van der Waals surface area contributed by atoms with Gasteiger partial charge in [0, 0.05) is 33.6 Å².